The highest BCUT2D eigenvalue weighted by molar-refractivity contribution is 5.67. The molecule has 4 nitrogen and oxygen atoms in total. The molecule has 2 heterocycles. The van der Waals surface area contributed by atoms with Crippen molar-refractivity contribution in [2.24, 2.45) is 11.0 Å². The zero-order valence-electron chi connectivity index (χ0n) is 9.68. The smallest absolute Gasteiger partial charge is 0.422 e. The molecule has 0 bridgehead atoms. The van der Waals surface area contributed by atoms with Crippen LogP contribution >= 0.6 is 0 Å². The van der Waals surface area contributed by atoms with Gasteiger partial charge in [0.2, 0.25) is 5.88 Å². The van der Waals surface area contributed by atoms with E-state index < -0.39 is 12.8 Å². The number of halogens is 3. The number of anilines is 1. The highest BCUT2D eigenvalue weighted by Gasteiger charge is 2.28. The molecule has 1 atom stereocenters. The Morgan fingerprint density at radius 3 is 2.89 bits per heavy atom. The average Bonchev–Trinajstić information content (AvgIpc) is 2.73. The van der Waals surface area contributed by atoms with Crippen LogP contribution in [-0.2, 0) is 0 Å². The fourth-order valence-electron chi connectivity index (χ4n) is 1.53. The number of hydrazone groups is 1. The fraction of sp³-hybridized carbons (Fsp3) is 0.455. The van der Waals surface area contributed by atoms with Crippen LogP contribution in [0.3, 0.4) is 0 Å². The number of nitrogens with zero attached hydrogens (tertiary/aromatic N) is 3. The fourth-order valence-corrected chi connectivity index (χ4v) is 1.53. The average molecular weight is 259 g/mol. The molecule has 1 aliphatic rings. The van der Waals surface area contributed by atoms with Gasteiger partial charge >= 0.3 is 6.18 Å². The molecule has 0 saturated carbocycles. The molecule has 98 valence electrons. The molecule has 18 heavy (non-hydrogen) atoms. The van der Waals surface area contributed by atoms with Crippen molar-refractivity contribution in [1.82, 2.24) is 4.98 Å². The van der Waals surface area contributed by atoms with Gasteiger partial charge < -0.3 is 4.74 Å². The van der Waals surface area contributed by atoms with Gasteiger partial charge in [-0.05, 0) is 6.07 Å². The molecule has 1 aromatic heterocycles. The maximum atomic E-state index is 12.0. The predicted octanol–water partition coefficient (Wildman–Crippen LogP) is 2.46. The molecule has 0 saturated heterocycles. The van der Waals surface area contributed by atoms with Gasteiger partial charge in [0.25, 0.3) is 0 Å². The molecular weight excluding hydrogens is 247 g/mol. The van der Waals surface area contributed by atoms with Crippen molar-refractivity contribution in [3.63, 3.8) is 0 Å². The maximum Gasteiger partial charge on any atom is 0.422 e. The van der Waals surface area contributed by atoms with Crippen LogP contribution in [0, 0.1) is 5.92 Å². The lowest BCUT2D eigenvalue weighted by Crippen LogP contribution is -2.20. The van der Waals surface area contributed by atoms with E-state index in [1.54, 1.807) is 17.3 Å². The molecule has 0 radical (unpaired) electrons. The van der Waals surface area contributed by atoms with E-state index in [0.29, 0.717) is 18.2 Å². The molecule has 0 spiro atoms. The molecular formula is C11H12F3N3O. The third kappa shape index (κ3) is 3.35. The van der Waals surface area contributed by atoms with Gasteiger partial charge in [-0.15, -0.1) is 0 Å². The number of hydrogen-bond donors (Lipinski definition) is 0. The number of pyridine rings is 1. The lowest BCUT2D eigenvalue weighted by Gasteiger charge is -2.15. The van der Waals surface area contributed by atoms with Crippen molar-refractivity contribution in [2.75, 3.05) is 18.2 Å². The molecule has 0 amide bonds. The van der Waals surface area contributed by atoms with E-state index in [9.17, 15) is 13.2 Å². The van der Waals surface area contributed by atoms with E-state index in [1.807, 2.05) is 6.92 Å². The molecule has 0 fully saturated rings. The minimum absolute atomic E-state index is 0.0559. The van der Waals surface area contributed by atoms with Gasteiger partial charge in [0.05, 0.1) is 5.69 Å². The van der Waals surface area contributed by atoms with Gasteiger partial charge in [0.15, 0.2) is 6.61 Å². The van der Waals surface area contributed by atoms with Crippen molar-refractivity contribution in [3.05, 3.63) is 18.3 Å². The van der Waals surface area contributed by atoms with E-state index in [1.165, 1.54) is 12.3 Å². The van der Waals surface area contributed by atoms with Crippen LogP contribution in [0.5, 0.6) is 5.88 Å². The van der Waals surface area contributed by atoms with Crippen LogP contribution < -0.4 is 9.75 Å². The largest absolute Gasteiger partial charge is 0.468 e. The summed E-state index contributed by atoms with van der Waals surface area (Å²) in [5.74, 6) is 0.261. The molecule has 1 aliphatic heterocycles. The summed E-state index contributed by atoms with van der Waals surface area (Å²) in [7, 11) is 0. The Hall–Kier alpha value is -1.79. The summed E-state index contributed by atoms with van der Waals surface area (Å²) < 4.78 is 40.6. The summed E-state index contributed by atoms with van der Waals surface area (Å²) in [6, 6.07) is 3.12. The Morgan fingerprint density at radius 1 is 1.50 bits per heavy atom. The molecule has 2 rings (SSSR count). The van der Waals surface area contributed by atoms with Crippen molar-refractivity contribution >= 4 is 11.9 Å². The highest BCUT2D eigenvalue weighted by atomic mass is 19.4. The summed E-state index contributed by atoms with van der Waals surface area (Å²) >= 11 is 0. The van der Waals surface area contributed by atoms with E-state index in [2.05, 4.69) is 14.8 Å². The van der Waals surface area contributed by atoms with Gasteiger partial charge in [-0.3, -0.25) is 5.01 Å². The Labute approximate surface area is 102 Å². The predicted molar refractivity (Wildman–Crippen MR) is 60.8 cm³/mol. The van der Waals surface area contributed by atoms with Gasteiger partial charge in [-0.2, -0.15) is 18.3 Å². The first-order valence-electron chi connectivity index (χ1n) is 5.41. The van der Waals surface area contributed by atoms with Crippen molar-refractivity contribution in [2.45, 2.75) is 13.1 Å². The van der Waals surface area contributed by atoms with Crippen molar-refractivity contribution < 1.29 is 17.9 Å². The Morgan fingerprint density at radius 2 is 2.28 bits per heavy atom. The monoisotopic (exact) mass is 259 g/mol. The standard InChI is InChI=1S/C11H12F3N3O/c1-8-5-16-17(6-8)9-2-3-15-10(4-9)18-7-11(12,13)14/h2-5,8H,6-7H2,1H3. The highest BCUT2D eigenvalue weighted by Crippen LogP contribution is 2.23. The zero-order chi connectivity index (χ0) is 13.2. The molecule has 7 heteroatoms. The van der Waals surface area contributed by atoms with E-state index in [-0.39, 0.29) is 5.88 Å². The first kappa shape index (κ1) is 12.7. The quantitative estimate of drug-likeness (QED) is 0.836. The number of alkyl halides is 3. The van der Waals surface area contributed by atoms with Gasteiger partial charge in [-0.25, -0.2) is 4.98 Å². The molecule has 0 aliphatic carbocycles. The van der Waals surface area contributed by atoms with E-state index >= 15 is 0 Å². The number of hydrogen-bond acceptors (Lipinski definition) is 4. The van der Waals surface area contributed by atoms with Gasteiger partial charge in [0, 0.05) is 30.9 Å². The SMILES string of the molecule is CC1C=NN(c2ccnc(OCC(F)(F)F)c2)C1. The van der Waals surface area contributed by atoms with Crippen LogP contribution in [0.1, 0.15) is 6.92 Å². The lowest BCUT2D eigenvalue weighted by molar-refractivity contribution is -0.154. The Bertz CT molecular complexity index is 447. The first-order valence-corrected chi connectivity index (χ1v) is 5.41. The lowest BCUT2D eigenvalue weighted by atomic mass is 10.2. The second-order valence-electron chi connectivity index (χ2n) is 4.08. The summed E-state index contributed by atoms with van der Waals surface area (Å²) in [5.41, 5.74) is 0.669. The third-order valence-electron chi connectivity index (χ3n) is 2.32. The third-order valence-corrected chi connectivity index (χ3v) is 2.32. The Balaban J connectivity index is 2.04. The van der Waals surface area contributed by atoms with Crippen LogP contribution in [0.4, 0.5) is 18.9 Å². The maximum absolute atomic E-state index is 12.0. The summed E-state index contributed by atoms with van der Waals surface area (Å²) in [6.07, 6.45) is -1.17. The normalized spacial score (nSPS) is 19.3. The van der Waals surface area contributed by atoms with Crippen LogP contribution in [0.15, 0.2) is 23.4 Å². The number of ether oxygens (including phenoxy) is 1. The number of rotatable bonds is 3. The topological polar surface area (TPSA) is 37.7 Å². The molecule has 0 N–H and O–H groups in total. The second-order valence-corrected chi connectivity index (χ2v) is 4.08. The van der Waals surface area contributed by atoms with E-state index in [4.69, 9.17) is 0 Å². The minimum Gasteiger partial charge on any atom is -0.468 e. The summed E-state index contributed by atoms with van der Waals surface area (Å²) in [6.45, 7) is 1.36. The molecule has 1 unspecified atom stereocenters. The minimum atomic E-state index is -4.36. The zero-order valence-corrected chi connectivity index (χ0v) is 9.68. The van der Waals surface area contributed by atoms with Crippen LogP contribution in [0.25, 0.3) is 0 Å². The van der Waals surface area contributed by atoms with Crippen molar-refractivity contribution in [1.29, 1.82) is 0 Å². The van der Waals surface area contributed by atoms with Crippen molar-refractivity contribution in [3.8, 4) is 5.88 Å². The van der Waals surface area contributed by atoms with E-state index in [0.717, 1.165) is 0 Å². The first-order chi connectivity index (χ1) is 8.44. The van der Waals surface area contributed by atoms with Gasteiger partial charge in [-0.1, -0.05) is 6.92 Å². The van der Waals surface area contributed by atoms with Crippen LogP contribution in [0.2, 0.25) is 0 Å². The number of aromatic nitrogens is 1. The Kier molecular flexibility index (Phi) is 3.40. The molecule has 1 aromatic rings. The van der Waals surface area contributed by atoms with Crippen LogP contribution in [-0.4, -0.2) is 30.5 Å². The molecule has 0 aromatic carbocycles. The second kappa shape index (κ2) is 4.83. The summed E-state index contributed by atoms with van der Waals surface area (Å²) in [5, 5.41) is 5.84. The van der Waals surface area contributed by atoms with Gasteiger partial charge in [0.1, 0.15) is 0 Å². The summed E-state index contributed by atoms with van der Waals surface area (Å²) in [4.78, 5) is 3.73.